The Morgan fingerprint density at radius 2 is 2.05 bits per heavy atom. The zero-order valence-electron chi connectivity index (χ0n) is 13.4. The number of hydrogen-bond acceptors (Lipinski definition) is 5. The van der Waals surface area contributed by atoms with Gasteiger partial charge in [0.15, 0.2) is 10.6 Å². The molecule has 0 amide bonds. The summed E-state index contributed by atoms with van der Waals surface area (Å²) in [5.74, 6) is 0.683. The third-order valence-electron chi connectivity index (χ3n) is 4.83. The van der Waals surface area contributed by atoms with Crippen molar-refractivity contribution in [3.63, 3.8) is 0 Å². The van der Waals surface area contributed by atoms with Crippen LogP contribution in [0.5, 0.6) is 0 Å². The van der Waals surface area contributed by atoms with Gasteiger partial charge in [0.05, 0.1) is 6.67 Å². The van der Waals surface area contributed by atoms with Crippen molar-refractivity contribution in [1.82, 2.24) is 24.1 Å². The average molecular weight is 325 g/mol. The molecule has 1 aromatic rings. The van der Waals surface area contributed by atoms with Gasteiger partial charge in [-0.05, 0) is 51.0 Å². The maximum absolute atomic E-state index is 9.47. The van der Waals surface area contributed by atoms with Crippen molar-refractivity contribution in [2.24, 2.45) is 0 Å². The van der Waals surface area contributed by atoms with E-state index in [9.17, 15) is 5.11 Å². The van der Waals surface area contributed by atoms with Gasteiger partial charge in [0.25, 0.3) is 0 Å². The monoisotopic (exact) mass is 325 g/mol. The molecular weight excluding hydrogens is 298 g/mol. The Morgan fingerprint density at radius 3 is 2.73 bits per heavy atom. The minimum Gasteiger partial charge on any atom is -0.388 e. The lowest BCUT2D eigenvalue weighted by atomic mass is 10.2. The van der Waals surface area contributed by atoms with Crippen LogP contribution in [-0.2, 0) is 19.8 Å². The number of aromatic nitrogens is 3. The van der Waals surface area contributed by atoms with Gasteiger partial charge in [-0.15, -0.1) is 0 Å². The zero-order valence-corrected chi connectivity index (χ0v) is 14.3. The second kappa shape index (κ2) is 7.21. The van der Waals surface area contributed by atoms with Crippen LogP contribution in [-0.4, -0.2) is 61.5 Å². The van der Waals surface area contributed by atoms with Crippen LogP contribution in [0, 0.1) is 4.77 Å². The predicted molar refractivity (Wildman–Crippen MR) is 88.0 cm³/mol. The summed E-state index contributed by atoms with van der Waals surface area (Å²) in [5, 5.41) is 14.0. The van der Waals surface area contributed by atoms with E-state index in [1.807, 2.05) is 9.25 Å². The van der Waals surface area contributed by atoms with E-state index in [1.165, 1.54) is 32.4 Å². The van der Waals surface area contributed by atoms with E-state index in [0.717, 1.165) is 37.5 Å². The van der Waals surface area contributed by atoms with Crippen LogP contribution >= 0.6 is 12.2 Å². The number of hydrogen-bond donors (Lipinski definition) is 1. The van der Waals surface area contributed by atoms with Gasteiger partial charge in [0, 0.05) is 25.7 Å². The minimum absolute atomic E-state index is 0.0486. The molecular formula is C15H27N5OS. The lowest BCUT2D eigenvalue weighted by Crippen LogP contribution is -2.35. The Labute approximate surface area is 137 Å². The molecule has 0 aromatic carbocycles. The predicted octanol–water partition coefficient (Wildman–Crippen LogP) is 1.44. The quantitative estimate of drug-likeness (QED) is 0.802. The molecule has 2 aliphatic heterocycles. The zero-order chi connectivity index (χ0) is 15.5. The molecule has 3 heterocycles. The van der Waals surface area contributed by atoms with E-state index < -0.39 is 0 Å². The van der Waals surface area contributed by atoms with Crippen LogP contribution in [0.3, 0.4) is 0 Å². The Morgan fingerprint density at radius 1 is 1.27 bits per heavy atom. The first-order valence-corrected chi connectivity index (χ1v) is 8.87. The Balaban J connectivity index is 1.65. The summed E-state index contributed by atoms with van der Waals surface area (Å²) in [7, 11) is 0. The molecule has 1 unspecified atom stereocenters. The normalized spacial score (nSPS) is 23.6. The maximum atomic E-state index is 9.47. The van der Waals surface area contributed by atoms with Gasteiger partial charge in [-0.25, -0.2) is 4.68 Å². The fourth-order valence-corrected chi connectivity index (χ4v) is 3.97. The van der Waals surface area contributed by atoms with Crippen LogP contribution in [0.25, 0.3) is 0 Å². The molecule has 124 valence electrons. The van der Waals surface area contributed by atoms with E-state index in [0.29, 0.717) is 11.9 Å². The summed E-state index contributed by atoms with van der Waals surface area (Å²) in [6.45, 7) is 8.37. The lowest BCUT2D eigenvalue weighted by molar-refractivity contribution is 0.204. The molecule has 0 aliphatic carbocycles. The second-order valence-corrected chi connectivity index (χ2v) is 6.78. The SMILES string of the molecule is CCCn1c(CO)nn(CN2CCC(N3CCCC3)C2)c1=S. The Hall–Kier alpha value is -0.760. The third-order valence-corrected chi connectivity index (χ3v) is 5.26. The third kappa shape index (κ3) is 3.27. The highest BCUT2D eigenvalue weighted by molar-refractivity contribution is 7.71. The van der Waals surface area contributed by atoms with E-state index in [-0.39, 0.29) is 6.61 Å². The van der Waals surface area contributed by atoms with Gasteiger partial charge in [0.1, 0.15) is 6.61 Å². The fraction of sp³-hybridized carbons (Fsp3) is 0.867. The van der Waals surface area contributed by atoms with Gasteiger partial charge in [0.2, 0.25) is 0 Å². The van der Waals surface area contributed by atoms with E-state index in [2.05, 4.69) is 21.8 Å². The first-order valence-electron chi connectivity index (χ1n) is 8.46. The van der Waals surface area contributed by atoms with Crippen LogP contribution in [0.4, 0.5) is 0 Å². The molecule has 2 fully saturated rings. The molecule has 0 bridgehead atoms. The van der Waals surface area contributed by atoms with Gasteiger partial charge < -0.3 is 9.67 Å². The lowest BCUT2D eigenvalue weighted by Gasteiger charge is -2.23. The van der Waals surface area contributed by atoms with E-state index in [1.54, 1.807) is 0 Å². The van der Waals surface area contributed by atoms with E-state index in [4.69, 9.17) is 12.2 Å². The highest BCUT2D eigenvalue weighted by Gasteiger charge is 2.29. The molecule has 0 spiro atoms. The van der Waals surface area contributed by atoms with Crippen LogP contribution < -0.4 is 0 Å². The van der Waals surface area contributed by atoms with Crippen molar-refractivity contribution in [2.75, 3.05) is 26.2 Å². The van der Waals surface area contributed by atoms with Gasteiger partial charge in [-0.2, -0.15) is 5.10 Å². The molecule has 2 saturated heterocycles. The molecule has 2 aliphatic rings. The Kier molecular flexibility index (Phi) is 5.28. The summed E-state index contributed by atoms with van der Waals surface area (Å²) >= 11 is 5.53. The average Bonchev–Trinajstić information content (AvgIpc) is 3.23. The van der Waals surface area contributed by atoms with Crippen LogP contribution in [0.2, 0.25) is 0 Å². The molecule has 3 rings (SSSR count). The molecule has 0 saturated carbocycles. The summed E-state index contributed by atoms with van der Waals surface area (Å²) in [6, 6.07) is 0.701. The second-order valence-electron chi connectivity index (χ2n) is 6.41. The molecule has 1 aromatic heterocycles. The smallest absolute Gasteiger partial charge is 0.199 e. The fourth-order valence-electron chi connectivity index (χ4n) is 3.68. The topological polar surface area (TPSA) is 49.5 Å². The number of likely N-dealkylation sites (tertiary alicyclic amines) is 2. The van der Waals surface area contributed by atoms with Crippen molar-refractivity contribution in [1.29, 1.82) is 0 Å². The van der Waals surface area contributed by atoms with Gasteiger partial charge in [-0.1, -0.05) is 6.92 Å². The number of nitrogens with zero attached hydrogens (tertiary/aromatic N) is 5. The number of rotatable bonds is 6. The van der Waals surface area contributed by atoms with Gasteiger partial charge >= 0.3 is 0 Å². The number of aliphatic hydroxyl groups is 1. The first kappa shape index (κ1) is 16.1. The van der Waals surface area contributed by atoms with Crippen molar-refractivity contribution >= 4 is 12.2 Å². The standard InChI is InChI=1S/C15H27N5OS/c1-2-6-19-14(11-21)16-20(15(19)22)12-17-9-5-13(10-17)18-7-3-4-8-18/h13,21H,2-12H2,1H3. The largest absolute Gasteiger partial charge is 0.388 e. The molecule has 6 nitrogen and oxygen atoms in total. The van der Waals surface area contributed by atoms with Crippen molar-refractivity contribution in [3.8, 4) is 0 Å². The first-order chi connectivity index (χ1) is 10.7. The van der Waals surface area contributed by atoms with Crippen molar-refractivity contribution < 1.29 is 5.11 Å². The highest BCUT2D eigenvalue weighted by atomic mass is 32.1. The highest BCUT2D eigenvalue weighted by Crippen LogP contribution is 2.20. The molecule has 22 heavy (non-hydrogen) atoms. The number of aliphatic hydroxyl groups excluding tert-OH is 1. The molecule has 0 radical (unpaired) electrons. The minimum atomic E-state index is -0.0486. The summed E-state index contributed by atoms with van der Waals surface area (Å²) in [6.07, 6.45) is 4.94. The van der Waals surface area contributed by atoms with Crippen LogP contribution in [0.1, 0.15) is 38.4 Å². The van der Waals surface area contributed by atoms with Gasteiger partial charge in [-0.3, -0.25) is 9.80 Å². The van der Waals surface area contributed by atoms with Crippen molar-refractivity contribution in [2.45, 2.75) is 58.5 Å². The molecule has 1 atom stereocenters. The summed E-state index contributed by atoms with van der Waals surface area (Å²) < 4.78 is 4.57. The van der Waals surface area contributed by atoms with Crippen molar-refractivity contribution in [3.05, 3.63) is 10.6 Å². The molecule has 1 N–H and O–H groups in total. The summed E-state index contributed by atoms with van der Waals surface area (Å²) in [4.78, 5) is 5.07. The maximum Gasteiger partial charge on any atom is 0.199 e. The Bertz CT molecular complexity index is 549. The van der Waals surface area contributed by atoms with E-state index >= 15 is 0 Å². The van der Waals surface area contributed by atoms with Crippen LogP contribution in [0.15, 0.2) is 0 Å². The molecule has 7 heteroatoms. The summed E-state index contributed by atoms with van der Waals surface area (Å²) in [5.41, 5.74) is 0.